The van der Waals surface area contributed by atoms with Crippen LogP contribution in [0.15, 0.2) is 48.9 Å². The standard InChI is InChI=1S/C18H21N5/c1-2-4-15(5-3-1)7-9-22-10-12-23(13-11-22)18-16-6-8-19-17(16)20-14-21-18/h1-6,8,14H,7,9-13H2,(H,19,20,21). The van der Waals surface area contributed by atoms with Crippen LogP contribution in [0.1, 0.15) is 5.56 Å². The van der Waals surface area contributed by atoms with Crippen LogP contribution in [0.4, 0.5) is 5.82 Å². The molecular weight excluding hydrogens is 286 g/mol. The monoisotopic (exact) mass is 307 g/mol. The van der Waals surface area contributed by atoms with Gasteiger partial charge < -0.3 is 9.88 Å². The first kappa shape index (κ1) is 14.2. The Kier molecular flexibility index (Phi) is 3.94. The lowest BCUT2D eigenvalue weighted by Gasteiger charge is -2.35. The Balaban J connectivity index is 1.37. The van der Waals surface area contributed by atoms with Crippen LogP contribution in [0.5, 0.6) is 0 Å². The maximum absolute atomic E-state index is 4.50. The molecule has 118 valence electrons. The molecule has 1 aliphatic rings. The molecule has 3 aromatic rings. The van der Waals surface area contributed by atoms with E-state index >= 15 is 0 Å². The normalized spacial score (nSPS) is 16.1. The molecule has 5 heteroatoms. The summed E-state index contributed by atoms with van der Waals surface area (Å²) in [4.78, 5) is 16.8. The molecular formula is C18H21N5. The number of aromatic amines is 1. The Labute approximate surface area is 136 Å². The minimum absolute atomic E-state index is 0.918. The summed E-state index contributed by atoms with van der Waals surface area (Å²) in [7, 11) is 0. The van der Waals surface area contributed by atoms with Crippen molar-refractivity contribution in [2.45, 2.75) is 6.42 Å². The molecule has 0 atom stereocenters. The number of piperazine rings is 1. The minimum atomic E-state index is 0.918. The van der Waals surface area contributed by atoms with E-state index in [9.17, 15) is 0 Å². The number of benzene rings is 1. The van der Waals surface area contributed by atoms with E-state index in [4.69, 9.17) is 0 Å². The van der Waals surface area contributed by atoms with E-state index in [1.54, 1.807) is 6.33 Å². The van der Waals surface area contributed by atoms with Crippen molar-refractivity contribution < 1.29 is 0 Å². The van der Waals surface area contributed by atoms with Gasteiger partial charge in [-0.2, -0.15) is 0 Å². The number of nitrogens with one attached hydrogen (secondary N) is 1. The van der Waals surface area contributed by atoms with Crippen LogP contribution in [0.3, 0.4) is 0 Å². The zero-order valence-electron chi connectivity index (χ0n) is 13.2. The molecule has 23 heavy (non-hydrogen) atoms. The van der Waals surface area contributed by atoms with Crippen molar-refractivity contribution >= 4 is 16.9 Å². The highest BCUT2D eigenvalue weighted by molar-refractivity contribution is 5.87. The second kappa shape index (κ2) is 6.38. The molecule has 3 heterocycles. The highest BCUT2D eigenvalue weighted by Crippen LogP contribution is 2.22. The fourth-order valence-electron chi connectivity index (χ4n) is 3.23. The molecule has 1 fully saturated rings. The lowest BCUT2D eigenvalue weighted by atomic mass is 10.1. The van der Waals surface area contributed by atoms with Gasteiger partial charge in [0.05, 0.1) is 5.39 Å². The van der Waals surface area contributed by atoms with Crippen molar-refractivity contribution in [1.29, 1.82) is 0 Å². The van der Waals surface area contributed by atoms with Crippen LogP contribution >= 0.6 is 0 Å². The van der Waals surface area contributed by atoms with Gasteiger partial charge in [0.15, 0.2) is 0 Å². The van der Waals surface area contributed by atoms with Crippen LogP contribution in [-0.2, 0) is 6.42 Å². The summed E-state index contributed by atoms with van der Waals surface area (Å²) in [5.74, 6) is 1.05. The van der Waals surface area contributed by atoms with Gasteiger partial charge in [0.1, 0.15) is 17.8 Å². The lowest BCUT2D eigenvalue weighted by molar-refractivity contribution is 0.260. The van der Waals surface area contributed by atoms with E-state index in [-0.39, 0.29) is 0 Å². The first-order valence-corrected chi connectivity index (χ1v) is 8.19. The minimum Gasteiger partial charge on any atom is -0.353 e. The molecule has 4 rings (SSSR count). The quantitative estimate of drug-likeness (QED) is 0.803. The molecule has 2 aromatic heterocycles. The summed E-state index contributed by atoms with van der Waals surface area (Å²) in [6, 6.07) is 12.8. The number of fused-ring (bicyclic) bond motifs is 1. The summed E-state index contributed by atoms with van der Waals surface area (Å²) in [5, 5.41) is 1.12. The first-order valence-electron chi connectivity index (χ1n) is 8.19. The Morgan fingerprint density at radius 2 is 1.78 bits per heavy atom. The third kappa shape index (κ3) is 3.05. The highest BCUT2D eigenvalue weighted by Gasteiger charge is 2.19. The van der Waals surface area contributed by atoms with Gasteiger partial charge in [-0.15, -0.1) is 0 Å². The molecule has 0 saturated carbocycles. The predicted molar refractivity (Wildman–Crippen MR) is 92.7 cm³/mol. The third-order valence-electron chi connectivity index (χ3n) is 4.56. The van der Waals surface area contributed by atoms with Crippen molar-refractivity contribution in [1.82, 2.24) is 19.9 Å². The SMILES string of the molecule is c1ccc(CCN2CCN(c3ncnc4[nH]ccc34)CC2)cc1. The van der Waals surface area contributed by atoms with Crippen molar-refractivity contribution in [3.05, 3.63) is 54.5 Å². The summed E-state index contributed by atoms with van der Waals surface area (Å²) in [6.45, 7) is 5.34. The van der Waals surface area contributed by atoms with Crippen molar-refractivity contribution in [3.8, 4) is 0 Å². The molecule has 0 bridgehead atoms. The number of aromatic nitrogens is 3. The molecule has 1 aromatic carbocycles. The second-order valence-corrected chi connectivity index (χ2v) is 6.00. The third-order valence-corrected chi connectivity index (χ3v) is 4.56. The van der Waals surface area contributed by atoms with Gasteiger partial charge >= 0.3 is 0 Å². The van der Waals surface area contributed by atoms with E-state index in [1.807, 2.05) is 6.20 Å². The van der Waals surface area contributed by atoms with E-state index in [1.165, 1.54) is 5.56 Å². The number of H-pyrrole nitrogens is 1. The Morgan fingerprint density at radius 3 is 2.61 bits per heavy atom. The lowest BCUT2D eigenvalue weighted by Crippen LogP contribution is -2.47. The summed E-state index contributed by atoms with van der Waals surface area (Å²) in [5.41, 5.74) is 2.33. The molecule has 1 N–H and O–H groups in total. The number of hydrogen-bond acceptors (Lipinski definition) is 4. The van der Waals surface area contributed by atoms with E-state index in [2.05, 4.69) is 61.1 Å². The Morgan fingerprint density at radius 1 is 0.957 bits per heavy atom. The van der Waals surface area contributed by atoms with Gasteiger partial charge in [-0.3, -0.25) is 4.90 Å². The van der Waals surface area contributed by atoms with Gasteiger partial charge in [0, 0.05) is 38.9 Å². The molecule has 1 saturated heterocycles. The Hall–Kier alpha value is -2.40. The zero-order chi connectivity index (χ0) is 15.5. The second-order valence-electron chi connectivity index (χ2n) is 6.00. The predicted octanol–water partition coefficient (Wildman–Crippen LogP) is 2.32. The summed E-state index contributed by atoms with van der Waals surface area (Å²) < 4.78 is 0. The topological polar surface area (TPSA) is 48.1 Å². The molecule has 0 aliphatic carbocycles. The number of hydrogen-bond donors (Lipinski definition) is 1. The van der Waals surface area contributed by atoms with Gasteiger partial charge in [-0.05, 0) is 18.1 Å². The fraction of sp³-hybridized carbons (Fsp3) is 0.333. The number of nitrogens with zero attached hydrogens (tertiary/aromatic N) is 4. The van der Waals surface area contributed by atoms with Gasteiger partial charge in [0.2, 0.25) is 0 Å². The molecule has 1 aliphatic heterocycles. The van der Waals surface area contributed by atoms with E-state index in [0.29, 0.717) is 0 Å². The maximum atomic E-state index is 4.50. The van der Waals surface area contributed by atoms with Crippen LogP contribution in [0, 0.1) is 0 Å². The van der Waals surface area contributed by atoms with Gasteiger partial charge in [-0.25, -0.2) is 9.97 Å². The molecule has 0 radical (unpaired) electrons. The smallest absolute Gasteiger partial charge is 0.142 e. The molecule has 0 amide bonds. The van der Waals surface area contributed by atoms with Gasteiger partial charge in [0.25, 0.3) is 0 Å². The molecule has 5 nitrogen and oxygen atoms in total. The molecule has 0 spiro atoms. The average Bonchev–Trinajstić information content (AvgIpc) is 3.10. The largest absolute Gasteiger partial charge is 0.353 e. The zero-order valence-corrected chi connectivity index (χ0v) is 13.2. The Bertz CT molecular complexity index is 759. The highest BCUT2D eigenvalue weighted by atomic mass is 15.3. The average molecular weight is 307 g/mol. The van der Waals surface area contributed by atoms with Crippen LogP contribution in [0.25, 0.3) is 11.0 Å². The first-order chi connectivity index (χ1) is 11.4. The fourth-order valence-corrected chi connectivity index (χ4v) is 3.23. The van der Waals surface area contributed by atoms with Crippen LogP contribution in [-0.4, -0.2) is 52.6 Å². The van der Waals surface area contributed by atoms with Crippen LogP contribution < -0.4 is 4.90 Å². The van der Waals surface area contributed by atoms with Crippen molar-refractivity contribution in [2.75, 3.05) is 37.6 Å². The maximum Gasteiger partial charge on any atom is 0.142 e. The molecule has 0 unspecified atom stereocenters. The van der Waals surface area contributed by atoms with E-state index in [0.717, 1.165) is 56.0 Å². The summed E-state index contributed by atoms with van der Waals surface area (Å²) in [6.07, 6.45) is 4.70. The van der Waals surface area contributed by atoms with Gasteiger partial charge in [-0.1, -0.05) is 30.3 Å². The van der Waals surface area contributed by atoms with Crippen molar-refractivity contribution in [3.63, 3.8) is 0 Å². The summed E-state index contributed by atoms with van der Waals surface area (Å²) >= 11 is 0. The number of rotatable bonds is 4. The van der Waals surface area contributed by atoms with Crippen molar-refractivity contribution in [2.24, 2.45) is 0 Å². The van der Waals surface area contributed by atoms with Crippen LogP contribution in [0.2, 0.25) is 0 Å². The van der Waals surface area contributed by atoms with E-state index < -0.39 is 0 Å². The number of anilines is 1.